The molecule has 0 bridgehead atoms. The maximum atomic E-state index is 5.41. The molecule has 9 aromatic rings. The molecule has 0 spiro atoms. The lowest BCUT2D eigenvalue weighted by Gasteiger charge is -2.22. The normalized spacial score (nSPS) is 14.0. The predicted octanol–water partition coefficient (Wildman–Crippen LogP) is 14.4. The molecule has 0 amide bonds. The van der Waals surface area contributed by atoms with Crippen molar-refractivity contribution in [2.75, 3.05) is 0 Å². The SMILES string of the molecule is CC(=NC(=N[C@@H](C)c1ccc2c3ccc(-c4ccccc4)cc3n(-c3ccc4c(c3)C(C)(C)c3ccccc3-4)c2c1)c1ccc(-c2ccccc2)cc1)c1ccccc1. The summed E-state index contributed by atoms with van der Waals surface area (Å²) in [5.74, 6) is 0.715. The van der Waals surface area contributed by atoms with Crippen molar-refractivity contribution in [3.8, 4) is 39.1 Å². The highest BCUT2D eigenvalue weighted by Gasteiger charge is 2.35. The summed E-state index contributed by atoms with van der Waals surface area (Å²) in [4.78, 5) is 10.6. The summed E-state index contributed by atoms with van der Waals surface area (Å²) in [6, 6.07) is 69.7. The predicted molar refractivity (Wildman–Crippen MR) is 249 cm³/mol. The van der Waals surface area contributed by atoms with E-state index in [2.05, 4.69) is 220 Å². The monoisotopic (exact) mass is 759 g/mol. The third-order valence-corrected chi connectivity index (χ3v) is 12.2. The first kappa shape index (κ1) is 36.3. The van der Waals surface area contributed by atoms with Crippen molar-refractivity contribution in [1.29, 1.82) is 0 Å². The van der Waals surface area contributed by atoms with Crippen molar-refractivity contribution in [2.45, 2.75) is 39.2 Å². The Hall–Kier alpha value is -7.10. The van der Waals surface area contributed by atoms with Crippen molar-refractivity contribution >= 4 is 33.4 Å². The second kappa shape index (κ2) is 14.7. The summed E-state index contributed by atoms with van der Waals surface area (Å²) < 4.78 is 2.47. The molecule has 59 heavy (non-hydrogen) atoms. The third-order valence-electron chi connectivity index (χ3n) is 12.2. The minimum Gasteiger partial charge on any atom is -0.309 e. The van der Waals surface area contributed by atoms with E-state index in [-0.39, 0.29) is 11.5 Å². The number of hydrogen-bond acceptors (Lipinski definition) is 1. The van der Waals surface area contributed by atoms with Crippen LogP contribution in [0.1, 0.15) is 61.6 Å². The van der Waals surface area contributed by atoms with Crippen LogP contribution >= 0.6 is 0 Å². The number of fused-ring (bicyclic) bond motifs is 6. The highest BCUT2D eigenvalue weighted by atomic mass is 15.0. The van der Waals surface area contributed by atoms with E-state index in [9.17, 15) is 0 Å². The van der Waals surface area contributed by atoms with E-state index < -0.39 is 0 Å². The van der Waals surface area contributed by atoms with Gasteiger partial charge in [-0.3, -0.25) is 4.99 Å². The van der Waals surface area contributed by atoms with Crippen LogP contribution in [0.2, 0.25) is 0 Å². The number of hydrogen-bond donors (Lipinski definition) is 0. The Bertz CT molecular complexity index is 3060. The first-order valence-electron chi connectivity index (χ1n) is 20.6. The summed E-state index contributed by atoms with van der Waals surface area (Å²) in [5.41, 5.74) is 17.6. The third kappa shape index (κ3) is 6.49. The molecule has 0 aliphatic heterocycles. The molecule has 284 valence electrons. The molecule has 1 aromatic heterocycles. The van der Waals surface area contributed by atoms with E-state index in [1.807, 2.05) is 6.07 Å². The molecular weight excluding hydrogens is 715 g/mol. The molecule has 1 aliphatic rings. The number of benzene rings is 8. The lowest BCUT2D eigenvalue weighted by Crippen LogP contribution is -2.15. The maximum Gasteiger partial charge on any atom is 0.155 e. The average molecular weight is 760 g/mol. The second-order valence-corrected chi connectivity index (χ2v) is 16.2. The molecule has 0 saturated heterocycles. The summed E-state index contributed by atoms with van der Waals surface area (Å²) in [7, 11) is 0. The fraction of sp³-hybridized carbons (Fsp3) is 0.107. The minimum absolute atomic E-state index is 0.113. The van der Waals surface area contributed by atoms with Gasteiger partial charge in [-0.05, 0) is 93.7 Å². The molecule has 1 heterocycles. The van der Waals surface area contributed by atoms with Gasteiger partial charge in [-0.2, -0.15) is 0 Å². The van der Waals surface area contributed by atoms with Gasteiger partial charge in [0, 0.05) is 33.1 Å². The van der Waals surface area contributed by atoms with Crippen LogP contribution in [0.15, 0.2) is 204 Å². The fourth-order valence-electron chi connectivity index (χ4n) is 8.99. The quantitative estimate of drug-likeness (QED) is 0.114. The lowest BCUT2D eigenvalue weighted by molar-refractivity contribution is 0.660. The van der Waals surface area contributed by atoms with Crippen molar-refractivity contribution in [3.05, 3.63) is 222 Å². The Labute approximate surface area is 346 Å². The summed E-state index contributed by atoms with van der Waals surface area (Å²) in [5, 5.41) is 2.45. The van der Waals surface area contributed by atoms with Crippen molar-refractivity contribution in [2.24, 2.45) is 9.98 Å². The summed E-state index contributed by atoms with van der Waals surface area (Å²) in [6.45, 7) is 8.96. The van der Waals surface area contributed by atoms with Crippen LogP contribution in [-0.2, 0) is 5.41 Å². The van der Waals surface area contributed by atoms with Gasteiger partial charge in [0.25, 0.3) is 0 Å². The molecular formula is C56H45N3. The Morgan fingerprint density at radius 3 is 1.76 bits per heavy atom. The van der Waals surface area contributed by atoms with E-state index in [0.29, 0.717) is 5.84 Å². The lowest BCUT2D eigenvalue weighted by atomic mass is 9.82. The summed E-state index contributed by atoms with van der Waals surface area (Å²) >= 11 is 0. The van der Waals surface area contributed by atoms with Crippen LogP contribution in [0.5, 0.6) is 0 Å². The Morgan fingerprint density at radius 2 is 1.05 bits per heavy atom. The van der Waals surface area contributed by atoms with Crippen LogP contribution in [0, 0.1) is 0 Å². The first-order valence-corrected chi connectivity index (χ1v) is 20.6. The van der Waals surface area contributed by atoms with Gasteiger partial charge in [-0.15, -0.1) is 0 Å². The smallest absolute Gasteiger partial charge is 0.155 e. The Kier molecular flexibility index (Phi) is 9.02. The molecule has 1 atom stereocenters. The second-order valence-electron chi connectivity index (χ2n) is 16.2. The molecule has 0 radical (unpaired) electrons. The van der Waals surface area contributed by atoms with Gasteiger partial charge in [-0.1, -0.05) is 184 Å². The molecule has 0 N–H and O–H groups in total. The average Bonchev–Trinajstić information content (AvgIpc) is 3.74. The van der Waals surface area contributed by atoms with Crippen LogP contribution < -0.4 is 0 Å². The van der Waals surface area contributed by atoms with E-state index in [0.717, 1.165) is 39.2 Å². The van der Waals surface area contributed by atoms with Crippen LogP contribution in [0.3, 0.4) is 0 Å². The highest BCUT2D eigenvalue weighted by Crippen LogP contribution is 2.49. The van der Waals surface area contributed by atoms with Crippen LogP contribution in [-0.4, -0.2) is 16.1 Å². The molecule has 0 unspecified atom stereocenters. The van der Waals surface area contributed by atoms with Crippen molar-refractivity contribution in [3.63, 3.8) is 0 Å². The molecule has 8 aromatic carbocycles. The van der Waals surface area contributed by atoms with Gasteiger partial charge in [0.15, 0.2) is 5.84 Å². The molecule has 0 saturated carbocycles. The van der Waals surface area contributed by atoms with Gasteiger partial charge < -0.3 is 4.57 Å². The fourth-order valence-corrected chi connectivity index (χ4v) is 8.99. The van der Waals surface area contributed by atoms with Crippen LogP contribution in [0.25, 0.3) is 60.9 Å². The van der Waals surface area contributed by atoms with Gasteiger partial charge in [0.2, 0.25) is 0 Å². The molecule has 0 fully saturated rings. The van der Waals surface area contributed by atoms with Crippen LogP contribution in [0.4, 0.5) is 0 Å². The van der Waals surface area contributed by atoms with E-state index in [1.165, 1.54) is 55.2 Å². The molecule has 3 heteroatoms. The molecule has 10 rings (SSSR count). The van der Waals surface area contributed by atoms with Crippen molar-refractivity contribution < 1.29 is 0 Å². The largest absolute Gasteiger partial charge is 0.309 e. The number of aliphatic imine (C=N–C) groups is 2. The van der Waals surface area contributed by atoms with Gasteiger partial charge >= 0.3 is 0 Å². The number of aromatic nitrogens is 1. The maximum absolute atomic E-state index is 5.41. The Balaban J connectivity index is 1.13. The zero-order valence-electron chi connectivity index (χ0n) is 33.9. The minimum atomic E-state index is -0.171. The van der Waals surface area contributed by atoms with Gasteiger partial charge in [0.1, 0.15) is 0 Å². The van der Waals surface area contributed by atoms with E-state index in [4.69, 9.17) is 9.98 Å². The number of rotatable bonds is 7. The summed E-state index contributed by atoms with van der Waals surface area (Å²) in [6.07, 6.45) is 0. The van der Waals surface area contributed by atoms with E-state index in [1.54, 1.807) is 0 Å². The standard InChI is InChI=1S/C56H45N3/c1-37(39-16-8-5-9-17-39)57-55(43-26-24-42(25-27-43)40-18-10-6-11-19-40)58-38(2)44-28-31-49-50-32-29-45(41-20-12-7-13-21-41)35-54(50)59(53(49)34-44)46-30-33-48-47-22-14-15-23-51(47)56(3,4)52(48)36-46/h5-36,38H,1-4H3/t38-/m0/s1. The number of nitrogens with zero attached hydrogens (tertiary/aromatic N) is 3. The highest BCUT2D eigenvalue weighted by molar-refractivity contribution is 6.12. The zero-order chi connectivity index (χ0) is 40.1. The van der Waals surface area contributed by atoms with E-state index >= 15 is 0 Å². The molecule has 3 nitrogen and oxygen atoms in total. The van der Waals surface area contributed by atoms with Gasteiger partial charge in [-0.25, -0.2) is 4.99 Å². The Morgan fingerprint density at radius 1 is 0.492 bits per heavy atom. The zero-order valence-corrected chi connectivity index (χ0v) is 33.9. The van der Waals surface area contributed by atoms with Crippen molar-refractivity contribution in [1.82, 2.24) is 4.57 Å². The molecule has 1 aliphatic carbocycles. The topological polar surface area (TPSA) is 29.6 Å². The number of amidine groups is 1. The first-order chi connectivity index (χ1) is 28.8. The van der Waals surface area contributed by atoms with Gasteiger partial charge in [0.05, 0.1) is 17.1 Å².